The van der Waals surface area contributed by atoms with E-state index in [1.807, 2.05) is 18.2 Å². The van der Waals surface area contributed by atoms with Crippen LogP contribution >= 0.6 is 34.2 Å². The zero-order valence-corrected chi connectivity index (χ0v) is 12.2. The van der Waals surface area contributed by atoms with Crippen LogP contribution in [0.2, 0.25) is 5.02 Å². The first-order valence-corrected chi connectivity index (χ1v) is 7.09. The van der Waals surface area contributed by atoms with Gasteiger partial charge in [0.25, 0.3) is 0 Å². The lowest BCUT2D eigenvalue weighted by Gasteiger charge is -2.09. The molecule has 0 heterocycles. The molecule has 17 heavy (non-hydrogen) atoms. The van der Waals surface area contributed by atoms with E-state index < -0.39 is 0 Å². The van der Waals surface area contributed by atoms with Crippen LogP contribution in [-0.4, -0.2) is 18.5 Å². The average molecular weight is 365 g/mol. The lowest BCUT2D eigenvalue weighted by molar-refractivity contribution is -0.120. The highest BCUT2D eigenvalue weighted by atomic mass is 127. The van der Waals surface area contributed by atoms with E-state index in [4.69, 9.17) is 11.6 Å². The zero-order valence-electron chi connectivity index (χ0n) is 9.30. The largest absolute Gasteiger partial charge is 0.384 e. The van der Waals surface area contributed by atoms with Gasteiger partial charge in [-0.15, -0.1) is 0 Å². The zero-order chi connectivity index (χ0) is 12.3. The Morgan fingerprint density at radius 1 is 1.47 bits per heavy atom. The van der Waals surface area contributed by atoms with E-state index in [1.54, 1.807) is 0 Å². The van der Waals surface area contributed by atoms with E-state index in [0.29, 0.717) is 19.0 Å². The maximum atomic E-state index is 11.4. The van der Waals surface area contributed by atoms with Crippen LogP contribution in [-0.2, 0) is 4.79 Å². The lowest BCUT2D eigenvalue weighted by atomic mass is 10.3. The summed E-state index contributed by atoms with van der Waals surface area (Å²) in [5, 5.41) is 6.93. The maximum absolute atomic E-state index is 11.4. The Bertz CT molecular complexity index is 421. The van der Waals surface area contributed by atoms with Crippen molar-refractivity contribution in [2.45, 2.75) is 25.3 Å². The Kier molecular flexibility index (Phi) is 4.50. The molecule has 0 radical (unpaired) electrons. The molecule has 0 unspecified atom stereocenters. The molecule has 1 aromatic carbocycles. The first-order valence-electron chi connectivity index (χ1n) is 5.63. The van der Waals surface area contributed by atoms with Gasteiger partial charge in [0.1, 0.15) is 0 Å². The number of nitrogens with one attached hydrogen (secondary N) is 2. The third-order valence-corrected chi connectivity index (χ3v) is 3.67. The molecule has 1 amide bonds. The minimum Gasteiger partial charge on any atom is -0.384 e. The van der Waals surface area contributed by atoms with Crippen molar-refractivity contribution in [3.05, 3.63) is 26.8 Å². The molecular formula is C12H14ClIN2O. The van der Waals surface area contributed by atoms with Crippen LogP contribution in [0.25, 0.3) is 0 Å². The standard InChI is InChI=1S/C12H14ClIN2O/c13-8-1-4-11(10(14)7-8)15-6-5-12(17)16-9-2-3-9/h1,4,7,9,15H,2-3,5-6H2,(H,16,17). The molecule has 3 nitrogen and oxygen atoms in total. The number of anilines is 1. The molecule has 1 aromatic rings. The number of rotatable bonds is 5. The summed E-state index contributed by atoms with van der Waals surface area (Å²) in [6, 6.07) is 6.12. The van der Waals surface area contributed by atoms with Crippen LogP contribution in [0.15, 0.2) is 18.2 Å². The van der Waals surface area contributed by atoms with E-state index in [1.165, 1.54) is 0 Å². The highest BCUT2D eigenvalue weighted by Crippen LogP contribution is 2.22. The van der Waals surface area contributed by atoms with Crippen LogP contribution < -0.4 is 10.6 Å². The van der Waals surface area contributed by atoms with Gasteiger partial charge in [0.15, 0.2) is 0 Å². The quantitative estimate of drug-likeness (QED) is 0.789. The van der Waals surface area contributed by atoms with Crippen molar-refractivity contribution < 1.29 is 4.79 Å². The third kappa shape index (κ3) is 4.35. The predicted octanol–water partition coefficient (Wildman–Crippen LogP) is 3.03. The highest BCUT2D eigenvalue weighted by Gasteiger charge is 2.22. The van der Waals surface area contributed by atoms with E-state index in [0.717, 1.165) is 27.1 Å². The number of benzene rings is 1. The summed E-state index contributed by atoms with van der Waals surface area (Å²) in [4.78, 5) is 11.4. The highest BCUT2D eigenvalue weighted by molar-refractivity contribution is 14.1. The van der Waals surface area contributed by atoms with Crippen LogP contribution in [0.1, 0.15) is 19.3 Å². The first-order chi connectivity index (χ1) is 8.15. The van der Waals surface area contributed by atoms with E-state index in [-0.39, 0.29) is 5.91 Å². The van der Waals surface area contributed by atoms with Crippen molar-refractivity contribution >= 4 is 45.8 Å². The van der Waals surface area contributed by atoms with Gasteiger partial charge in [-0.1, -0.05) is 11.6 Å². The Morgan fingerprint density at radius 2 is 2.24 bits per heavy atom. The number of carbonyl (C=O) groups excluding carboxylic acids is 1. The summed E-state index contributed by atoms with van der Waals surface area (Å²) in [6.07, 6.45) is 2.78. The Balaban J connectivity index is 1.75. The Labute approximate surface area is 119 Å². The van der Waals surface area contributed by atoms with Crippen molar-refractivity contribution in [3.63, 3.8) is 0 Å². The van der Waals surface area contributed by atoms with Crippen LogP contribution in [0.4, 0.5) is 5.69 Å². The van der Waals surface area contributed by atoms with Gasteiger partial charge in [-0.05, 0) is 53.6 Å². The van der Waals surface area contributed by atoms with Crippen molar-refractivity contribution in [2.24, 2.45) is 0 Å². The molecule has 5 heteroatoms. The average Bonchev–Trinajstić information content (AvgIpc) is 3.05. The van der Waals surface area contributed by atoms with Gasteiger partial charge in [-0.2, -0.15) is 0 Å². The molecule has 1 saturated carbocycles. The van der Waals surface area contributed by atoms with Crippen molar-refractivity contribution in [1.29, 1.82) is 0 Å². The van der Waals surface area contributed by atoms with Gasteiger partial charge in [0.2, 0.25) is 5.91 Å². The topological polar surface area (TPSA) is 41.1 Å². The molecular weight excluding hydrogens is 351 g/mol. The fraction of sp³-hybridized carbons (Fsp3) is 0.417. The minimum absolute atomic E-state index is 0.129. The molecule has 2 N–H and O–H groups in total. The van der Waals surface area contributed by atoms with Crippen molar-refractivity contribution in [3.8, 4) is 0 Å². The number of halogens is 2. The molecule has 1 aliphatic rings. The summed E-state index contributed by atoms with van der Waals surface area (Å²) < 4.78 is 1.07. The van der Waals surface area contributed by atoms with Gasteiger partial charge in [0, 0.05) is 33.3 Å². The summed E-state index contributed by atoms with van der Waals surface area (Å²) >= 11 is 8.09. The summed E-state index contributed by atoms with van der Waals surface area (Å²) in [5.74, 6) is 0.129. The monoisotopic (exact) mass is 364 g/mol. The number of hydrogen-bond donors (Lipinski definition) is 2. The second-order valence-electron chi connectivity index (χ2n) is 4.14. The first kappa shape index (κ1) is 13.0. The van der Waals surface area contributed by atoms with Gasteiger partial charge < -0.3 is 10.6 Å². The molecule has 0 spiro atoms. The molecule has 0 aliphatic heterocycles. The molecule has 1 aliphatic carbocycles. The Morgan fingerprint density at radius 3 is 2.88 bits per heavy atom. The lowest BCUT2D eigenvalue weighted by Crippen LogP contribution is -2.27. The molecule has 92 valence electrons. The third-order valence-electron chi connectivity index (χ3n) is 2.54. The second kappa shape index (κ2) is 5.91. The number of carbonyl (C=O) groups is 1. The van der Waals surface area contributed by atoms with E-state index in [9.17, 15) is 4.79 Å². The molecule has 2 rings (SSSR count). The van der Waals surface area contributed by atoms with Gasteiger partial charge in [-0.25, -0.2) is 0 Å². The van der Waals surface area contributed by atoms with E-state index in [2.05, 4.69) is 33.2 Å². The smallest absolute Gasteiger partial charge is 0.221 e. The SMILES string of the molecule is O=C(CCNc1ccc(Cl)cc1I)NC1CC1. The van der Waals surface area contributed by atoms with Gasteiger partial charge in [-0.3, -0.25) is 4.79 Å². The van der Waals surface area contributed by atoms with Crippen molar-refractivity contribution in [1.82, 2.24) is 5.32 Å². The fourth-order valence-electron chi connectivity index (χ4n) is 1.47. The number of hydrogen-bond acceptors (Lipinski definition) is 2. The molecule has 0 saturated heterocycles. The van der Waals surface area contributed by atoms with Crippen LogP contribution in [0, 0.1) is 3.57 Å². The summed E-state index contributed by atoms with van der Waals surface area (Å²) in [7, 11) is 0. The Hall–Kier alpha value is -0.490. The normalized spacial score (nSPS) is 14.5. The summed E-state index contributed by atoms with van der Waals surface area (Å²) in [5.41, 5.74) is 1.02. The van der Waals surface area contributed by atoms with Crippen LogP contribution in [0.3, 0.4) is 0 Å². The van der Waals surface area contributed by atoms with Crippen LogP contribution in [0.5, 0.6) is 0 Å². The van der Waals surface area contributed by atoms with Crippen molar-refractivity contribution in [2.75, 3.05) is 11.9 Å². The molecule has 0 bridgehead atoms. The second-order valence-corrected chi connectivity index (χ2v) is 5.74. The predicted molar refractivity (Wildman–Crippen MR) is 78.4 cm³/mol. The maximum Gasteiger partial charge on any atom is 0.221 e. The molecule has 0 aromatic heterocycles. The van der Waals surface area contributed by atoms with E-state index >= 15 is 0 Å². The minimum atomic E-state index is 0.129. The van der Waals surface area contributed by atoms with Gasteiger partial charge >= 0.3 is 0 Å². The summed E-state index contributed by atoms with van der Waals surface area (Å²) in [6.45, 7) is 0.649. The number of amides is 1. The molecule has 0 atom stereocenters. The fourth-order valence-corrected chi connectivity index (χ4v) is 2.53. The van der Waals surface area contributed by atoms with Gasteiger partial charge in [0.05, 0.1) is 0 Å². The molecule has 1 fully saturated rings.